The van der Waals surface area contributed by atoms with E-state index in [2.05, 4.69) is 53.7 Å². The van der Waals surface area contributed by atoms with Crippen LogP contribution in [-0.2, 0) is 0 Å². The largest absolute Gasteiger partial charge is 0.0917 e. The van der Waals surface area contributed by atoms with Crippen molar-refractivity contribution < 1.29 is 0 Å². The minimum Gasteiger partial charge on any atom is -0.0917 e. The van der Waals surface area contributed by atoms with Crippen molar-refractivity contribution >= 4 is 0 Å². The van der Waals surface area contributed by atoms with E-state index in [9.17, 15) is 0 Å². The minimum absolute atomic E-state index is 0.810. The van der Waals surface area contributed by atoms with Gasteiger partial charge in [0.05, 0.1) is 0 Å². The zero-order chi connectivity index (χ0) is 11.8. The van der Waals surface area contributed by atoms with Crippen molar-refractivity contribution in [1.82, 2.24) is 0 Å². The molecule has 0 aliphatic rings. The van der Waals surface area contributed by atoms with E-state index in [1.54, 1.807) is 0 Å². The van der Waals surface area contributed by atoms with Crippen LogP contribution in [0.3, 0.4) is 0 Å². The number of allylic oxidation sites excluding steroid dienone is 2. The Morgan fingerprint density at radius 3 is 2.00 bits per heavy atom. The third kappa shape index (κ3) is 6.02. The molecule has 15 heavy (non-hydrogen) atoms. The molecule has 0 aromatic heterocycles. The summed E-state index contributed by atoms with van der Waals surface area (Å²) in [5.74, 6) is 3.42. The van der Waals surface area contributed by atoms with Crippen LogP contribution >= 0.6 is 0 Å². The third-order valence-corrected chi connectivity index (χ3v) is 3.40. The fraction of sp³-hybridized carbons (Fsp3) is 0.867. The van der Waals surface area contributed by atoms with Gasteiger partial charge in [0.2, 0.25) is 0 Å². The van der Waals surface area contributed by atoms with Gasteiger partial charge in [-0.2, -0.15) is 0 Å². The van der Waals surface area contributed by atoms with Gasteiger partial charge in [-0.25, -0.2) is 0 Å². The first kappa shape index (κ1) is 14.7. The summed E-state index contributed by atoms with van der Waals surface area (Å²) in [4.78, 5) is 0. The summed E-state index contributed by atoms with van der Waals surface area (Å²) in [6.07, 6.45) is 8.51. The van der Waals surface area contributed by atoms with Gasteiger partial charge < -0.3 is 0 Å². The highest BCUT2D eigenvalue weighted by molar-refractivity contribution is 4.84. The molecule has 0 rings (SSSR count). The molecule has 0 spiro atoms. The Morgan fingerprint density at radius 1 is 1.07 bits per heavy atom. The second-order valence-electron chi connectivity index (χ2n) is 5.51. The molecule has 0 nitrogen and oxygen atoms in total. The van der Waals surface area contributed by atoms with Crippen LogP contribution in [0.1, 0.15) is 60.8 Å². The van der Waals surface area contributed by atoms with Gasteiger partial charge in [0.25, 0.3) is 0 Å². The lowest BCUT2D eigenvalue weighted by molar-refractivity contribution is 0.215. The van der Waals surface area contributed by atoms with Crippen molar-refractivity contribution in [3.63, 3.8) is 0 Å². The first-order valence-corrected chi connectivity index (χ1v) is 6.64. The molecule has 0 N–H and O–H groups in total. The number of rotatable bonds is 7. The summed E-state index contributed by atoms with van der Waals surface area (Å²) < 4.78 is 0. The molecule has 0 saturated heterocycles. The Balaban J connectivity index is 4.39. The van der Waals surface area contributed by atoms with Crippen LogP contribution in [0.15, 0.2) is 12.2 Å². The average Bonchev–Trinajstić information content (AvgIpc) is 2.15. The van der Waals surface area contributed by atoms with E-state index >= 15 is 0 Å². The van der Waals surface area contributed by atoms with E-state index in [0.29, 0.717) is 0 Å². The summed E-state index contributed by atoms with van der Waals surface area (Å²) in [6.45, 7) is 13.9. The van der Waals surface area contributed by atoms with Crippen molar-refractivity contribution in [2.45, 2.75) is 60.8 Å². The molecule has 0 heterocycles. The zero-order valence-electron chi connectivity index (χ0n) is 11.6. The molecule has 90 valence electrons. The lowest BCUT2D eigenvalue weighted by Crippen LogP contribution is -2.21. The summed E-state index contributed by atoms with van der Waals surface area (Å²) in [7, 11) is 0. The zero-order valence-corrected chi connectivity index (χ0v) is 11.6. The Bertz CT molecular complexity index is 165. The smallest absolute Gasteiger partial charge is 0.0317 e. The van der Waals surface area contributed by atoms with Gasteiger partial charge in [0, 0.05) is 0 Å². The second-order valence-corrected chi connectivity index (χ2v) is 5.51. The van der Waals surface area contributed by atoms with Crippen molar-refractivity contribution in [3.05, 3.63) is 12.2 Å². The maximum atomic E-state index is 2.37. The molecule has 0 aromatic carbocycles. The van der Waals surface area contributed by atoms with E-state index in [1.165, 1.54) is 19.3 Å². The predicted molar refractivity (Wildman–Crippen MR) is 71.0 cm³/mol. The van der Waals surface area contributed by atoms with Gasteiger partial charge in [0.15, 0.2) is 0 Å². The third-order valence-electron chi connectivity index (χ3n) is 3.40. The van der Waals surface area contributed by atoms with Crippen molar-refractivity contribution in [1.29, 1.82) is 0 Å². The van der Waals surface area contributed by atoms with Crippen LogP contribution in [-0.4, -0.2) is 0 Å². The molecule has 0 aliphatic carbocycles. The molecule has 2 atom stereocenters. The normalized spacial score (nSPS) is 16.5. The highest BCUT2D eigenvalue weighted by Gasteiger charge is 2.22. The van der Waals surface area contributed by atoms with E-state index in [-0.39, 0.29) is 0 Å². The molecule has 0 saturated carbocycles. The quantitative estimate of drug-likeness (QED) is 0.500. The Kier molecular flexibility index (Phi) is 7.82. The topological polar surface area (TPSA) is 0 Å². The van der Waals surface area contributed by atoms with Crippen molar-refractivity contribution in [2.24, 2.45) is 23.7 Å². The van der Waals surface area contributed by atoms with Crippen molar-refractivity contribution in [2.75, 3.05) is 0 Å². The molecule has 0 radical (unpaired) electrons. The molecular formula is C15H30. The van der Waals surface area contributed by atoms with Crippen molar-refractivity contribution in [3.8, 4) is 0 Å². The van der Waals surface area contributed by atoms with Gasteiger partial charge in [-0.3, -0.25) is 0 Å². The number of hydrogen-bond acceptors (Lipinski definition) is 0. The lowest BCUT2D eigenvalue weighted by Gasteiger charge is -2.30. The van der Waals surface area contributed by atoms with E-state index < -0.39 is 0 Å². The molecule has 0 aliphatic heterocycles. The van der Waals surface area contributed by atoms with Gasteiger partial charge in [-0.05, 0) is 43.4 Å². The van der Waals surface area contributed by atoms with Crippen LogP contribution in [0.25, 0.3) is 0 Å². The Labute approximate surface area is 97.2 Å². The van der Waals surface area contributed by atoms with E-state index in [4.69, 9.17) is 0 Å². The first-order chi connectivity index (χ1) is 7.02. The SMILES string of the molecule is CC=CCC(C(C)C)C(CC)CC(C)C. The average molecular weight is 210 g/mol. The summed E-state index contributed by atoms with van der Waals surface area (Å²) in [6, 6.07) is 0. The van der Waals surface area contributed by atoms with Crippen LogP contribution in [0, 0.1) is 23.7 Å². The summed E-state index contributed by atoms with van der Waals surface area (Å²) in [5, 5.41) is 0. The van der Waals surface area contributed by atoms with Crippen LogP contribution in [0.5, 0.6) is 0 Å². The Hall–Kier alpha value is -0.260. The van der Waals surface area contributed by atoms with Crippen LogP contribution in [0.2, 0.25) is 0 Å². The molecular weight excluding hydrogens is 180 g/mol. The van der Waals surface area contributed by atoms with Gasteiger partial charge in [-0.1, -0.05) is 53.2 Å². The number of hydrogen-bond donors (Lipinski definition) is 0. The lowest BCUT2D eigenvalue weighted by atomic mass is 9.76. The maximum absolute atomic E-state index is 2.37. The molecule has 0 fully saturated rings. The molecule has 0 bridgehead atoms. The van der Waals surface area contributed by atoms with Gasteiger partial charge in [0.1, 0.15) is 0 Å². The predicted octanol–water partition coefficient (Wildman–Crippen LogP) is 5.30. The fourth-order valence-corrected chi connectivity index (χ4v) is 2.55. The molecule has 2 unspecified atom stereocenters. The molecule has 0 heteroatoms. The van der Waals surface area contributed by atoms with Crippen LogP contribution < -0.4 is 0 Å². The minimum atomic E-state index is 0.810. The van der Waals surface area contributed by atoms with Gasteiger partial charge in [-0.15, -0.1) is 0 Å². The molecule has 0 aromatic rings. The highest BCUT2D eigenvalue weighted by atomic mass is 14.3. The standard InChI is InChI=1S/C15H30/c1-7-9-10-15(13(5)6)14(8-2)11-12(3)4/h7,9,12-15H,8,10-11H2,1-6H3. The second kappa shape index (κ2) is 7.96. The molecule has 0 amide bonds. The summed E-state index contributed by atoms with van der Waals surface area (Å²) >= 11 is 0. The highest BCUT2D eigenvalue weighted by Crippen LogP contribution is 2.32. The first-order valence-electron chi connectivity index (χ1n) is 6.64. The fourth-order valence-electron chi connectivity index (χ4n) is 2.55. The Morgan fingerprint density at radius 2 is 1.67 bits per heavy atom. The van der Waals surface area contributed by atoms with Crippen LogP contribution in [0.4, 0.5) is 0 Å². The summed E-state index contributed by atoms with van der Waals surface area (Å²) in [5.41, 5.74) is 0. The van der Waals surface area contributed by atoms with E-state index in [1.807, 2.05) is 0 Å². The monoisotopic (exact) mass is 210 g/mol. The van der Waals surface area contributed by atoms with E-state index in [0.717, 1.165) is 23.7 Å². The maximum Gasteiger partial charge on any atom is -0.0317 e. The van der Waals surface area contributed by atoms with Gasteiger partial charge >= 0.3 is 0 Å².